The largest absolute Gasteiger partial charge is 0.390 e. The lowest BCUT2D eigenvalue weighted by atomic mass is 10.4. The van der Waals surface area contributed by atoms with Gasteiger partial charge in [0.05, 0.1) is 13.0 Å². The summed E-state index contributed by atoms with van der Waals surface area (Å²) in [7, 11) is 0. The van der Waals surface area contributed by atoms with Crippen LogP contribution < -0.4 is 16.6 Å². The van der Waals surface area contributed by atoms with Gasteiger partial charge in [-0.1, -0.05) is 0 Å². The molecule has 7 heteroatoms. The molecule has 0 aromatic carbocycles. The van der Waals surface area contributed by atoms with Crippen LogP contribution >= 0.6 is 0 Å². The third-order valence-corrected chi connectivity index (χ3v) is 1.23. The molecule has 0 atom stereocenters. The molecule has 0 heterocycles. The monoisotopic (exact) mass is 212 g/mol. The molecule has 0 aliphatic carbocycles. The Hall–Kier alpha value is -0.980. The van der Waals surface area contributed by atoms with Gasteiger partial charge in [-0.25, -0.2) is 5.84 Å². The van der Waals surface area contributed by atoms with Gasteiger partial charge in [0, 0.05) is 6.04 Å². The van der Waals surface area contributed by atoms with Gasteiger partial charge in [0.1, 0.15) is 0 Å². The number of nitrogens with zero attached hydrogens (tertiary/aromatic N) is 1. The zero-order chi connectivity index (χ0) is 11.2. The van der Waals surface area contributed by atoms with Crippen molar-refractivity contribution in [1.29, 1.82) is 0 Å². The van der Waals surface area contributed by atoms with Crippen molar-refractivity contribution in [2.45, 2.75) is 32.5 Å². The van der Waals surface area contributed by atoms with Crippen LogP contribution in [0.15, 0.2) is 4.99 Å². The van der Waals surface area contributed by atoms with Crippen LogP contribution in [-0.2, 0) is 0 Å². The van der Waals surface area contributed by atoms with Crippen molar-refractivity contribution in [2.75, 3.05) is 6.54 Å². The fourth-order valence-electron chi connectivity index (χ4n) is 0.701. The van der Waals surface area contributed by atoms with E-state index in [1.165, 1.54) is 0 Å². The molecule has 0 aliphatic rings. The van der Waals surface area contributed by atoms with Crippen molar-refractivity contribution in [1.82, 2.24) is 10.7 Å². The lowest BCUT2D eigenvalue weighted by Crippen LogP contribution is -2.44. The van der Waals surface area contributed by atoms with E-state index in [4.69, 9.17) is 5.84 Å². The first kappa shape index (κ1) is 13.0. The van der Waals surface area contributed by atoms with Gasteiger partial charge in [-0.2, -0.15) is 13.2 Å². The lowest BCUT2D eigenvalue weighted by Gasteiger charge is -2.12. The Balaban J connectivity index is 3.93. The molecule has 0 spiro atoms. The third kappa shape index (κ3) is 7.66. The molecule has 84 valence electrons. The number of hydrazine groups is 1. The highest BCUT2D eigenvalue weighted by atomic mass is 19.4. The van der Waals surface area contributed by atoms with Gasteiger partial charge >= 0.3 is 6.18 Å². The van der Waals surface area contributed by atoms with Gasteiger partial charge < -0.3 is 5.32 Å². The summed E-state index contributed by atoms with van der Waals surface area (Å²) in [5.41, 5.74) is 2.19. The van der Waals surface area contributed by atoms with E-state index in [-0.39, 0.29) is 18.5 Å². The van der Waals surface area contributed by atoms with Crippen LogP contribution in [0.25, 0.3) is 0 Å². The molecule has 0 unspecified atom stereocenters. The summed E-state index contributed by atoms with van der Waals surface area (Å²) < 4.78 is 35.2. The smallest absolute Gasteiger partial charge is 0.353 e. The van der Waals surface area contributed by atoms with E-state index in [0.717, 1.165) is 0 Å². The Bertz CT molecular complexity index is 188. The van der Waals surface area contributed by atoms with Crippen molar-refractivity contribution < 1.29 is 13.2 Å². The van der Waals surface area contributed by atoms with E-state index < -0.39 is 12.6 Å². The summed E-state index contributed by atoms with van der Waals surface area (Å²) in [6.07, 6.45) is -5.13. The SMILES string of the molecule is CC(C)NC(=NCCC(F)(F)F)NN. The minimum atomic E-state index is -4.18. The number of nitrogens with one attached hydrogen (secondary N) is 2. The normalized spacial score (nSPS) is 13.2. The molecule has 4 nitrogen and oxygen atoms in total. The van der Waals surface area contributed by atoms with Gasteiger partial charge in [-0.05, 0) is 13.8 Å². The Morgan fingerprint density at radius 2 is 2.00 bits per heavy atom. The second-order valence-corrected chi connectivity index (χ2v) is 3.04. The molecule has 0 saturated carbocycles. The topological polar surface area (TPSA) is 62.4 Å². The number of halogens is 3. The minimum absolute atomic E-state index is 0.0655. The van der Waals surface area contributed by atoms with Crippen LogP contribution in [0.5, 0.6) is 0 Å². The van der Waals surface area contributed by atoms with E-state index in [1.54, 1.807) is 0 Å². The van der Waals surface area contributed by atoms with E-state index in [0.29, 0.717) is 0 Å². The molecule has 0 radical (unpaired) electrons. The number of rotatable bonds is 3. The Labute approximate surface area is 80.7 Å². The average Bonchev–Trinajstić information content (AvgIpc) is 1.99. The van der Waals surface area contributed by atoms with Gasteiger partial charge in [0.15, 0.2) is 0 Å². The van der Waals surface area contributed by atoms with E-state index in [1.807, 2.05) is 13.8 Å². The van der Waals surface area contributed by atoms with Crippen molar-refractivity contribution in [3.05, 3.63) is 0 Å². The molecule has 0 saturated heterocycles. The number of hydrogen-bond donors (Lipinski definition) is 3. The Morgan fingerprint density at radius 1 is 1.43 bits per heavy atom. The average molecular weight is 212 g/mol. The van der Waals surface area contributed by atoms with Crippen molar-refractivity contribution in [3.63, 3.8) is 0 Å². The van der Waals surface area contributed by atoms with Crippen LogP contribution in [0.2, 0.25) is 0 Å². The molecule has 14 heavy (non-hydrogen) atoms. The molecule has 0 aromatic rings. The molecular weight excluding hydrogens is 197 g/mol. The van der Waals surface area contributed by atoms with Crippen LogP contribution in [0.1, 0.15) is 20.3 Å². The van der Waals surface area contributed by atoms with Crippen molar-refractivity contribution in [2.24, 2.45) is 10.8 Å². The van der Waals surface area contributed by atoms with E-state index in [9.17, 15) is 13.2 Å². The van der Waals surface area contributed by atoms with Crippen LogP contribution in [0, 0.1) is 0 Å². The third-order valence-electron chi connectivity index (χ3n) is 1.23. The number of guanidine groups is 1. The maximum atomic E-state index is 11.7. The number of alkyl halides is 3. The van der Waals surface area contributed by atoms with E-state index >= 15 is 0 Å². The van der Waals surface area contributed by atoms with Gasteiger partial charge in [-0.3, -0.25) is 10.4 Å². The van der Waals surface area contributed by atoms with Gasteiger partial charge in [0.25, 0.3) is 0 Å². The van der Waals surface area contributed by atoms with Crippen molar-refractivity contribution >= 4 is 5.96 Å². The van der Waals surface area contributed by atoms with Gasteiger partial charge in [-0.15, -0.1) is 0 Å². The van der Waals surface area contributed by atoms with Crippen LogP contribution in [0.3, 0.4) is 0 Å². The zero-order valence-electron chi connectivity index (χ0n) is 8.15. The van der Waals surface area contributed by atoms with Crippen LogP contribution in [0.4, 0.5) is 13.2 Å². The lowest BCUT2D eigenvalue weighted by molar-refractivity contribution is -0.132. The fourth-order valence-corrected chi connectivity index (χ4v) is 0.701. The maximum Gasteiger partial charge on any atom is 0.390 e. The summed E-state index contributed by atoms with van der Waals surface area (Å²) in [4.78, 5) is 3.62. The second kappa shape index (κ2) is 5.69. The maximum absolute atomic E-state index is 11.7. The molecular formula is C7H15F3N4. The highest BCUT2D eigenvalue weighted by Gasteiger charge is 2.26. The van der Waals surface area contributed by atoms with Crippen LogP contribution in [-0.4, -0.2) is 24.7 Å². The minimum Gasteiger partial charge on any atom is -0.353 e. The molecule has 0 rings (SSSR count). The zero-order valence-corrected chi connectivity index (χ0v) is 8.15. The molecule has 0 aromatic heterocycles. The first-order chi connectivity index (χ1) is 6.35. The highest BCUT2D eigenvalue weighted by molar-refractivity contribution is 5.79. The second-order valence-electron chi connectivity index (χ2n) is 3.04. The molecule has 0 aliphatic heterocycles. The quantitative estimate of drug-likeness (QED) is 0.280. The number of nitrogens with two attached hydrogens (primary N) is 1. The first-order valence-electron chi connectivity index (χ1n) is 4.19. The summed E-state index contributed by atoms with van der Waals surface area (Å²) >= 11 is 0. The van der Waals surface area contributed by atoms with E-state index in [2.05, 4.69) is 15.7 Å². The summed E-state index contributed by atoms with van der Waals surface area (Å²) in [6, 6.07) is 0.0655. The Kier molecular flexibility index (Phi) is 5.29. The Morgan fingerprint density at radius 3 is 2.36 bits per heavy atom. The van der Waals surface area contributed by atoms with Crippen molar-refractivity contribution in [3.8, 4) is 0 Å². The summed E-state index contributed by atoms with van der Waals surface area (Å²) in [5, 5.41) is 2.76. The fraction of sp³-hybridized carbons (Fsp3) is 0.857. The standard InChI is InChI=1S/C7H15F3N4/c1-5(2)13-6(14-11)12-4-3-7(8,9)10/h5H,3-4,11H2,1-2H3,(H2,12,13,14). The number of hydrogen-bond acceptors (Lipinski definition) is 2. The molecule has 0 bridgehead atoms. The molecule has 0 fully saturated rings. The summed E-state index contributed by atoms with van der Waals surface area (Å²) in [6.45, 7) is 3.33. The predicted molar refractivity (Wildman–Crippen MR) is 48.6 cm³/mol. The highest BCUT2D eigenvalue weighted by Crippen LogP contribution is 2.18. The molecule has 0 amide bonds. The van der Waals surface area contributed by atoms with Gasteiger partial charge in [0.2, 0.25) is 5.96 Å². The predicted octanol–water partition coefficient (Wildman–Crippen LogP) is 0.756. The number of aliphatic imine (C=N–C) groups is 1. The summed E-state index contributed by atoms with van der Waals surface area (Å²) in [5.74, 6) is 5.22. The molecule has 4 N–H and O–H groups in total. The first-order valence-corrected chi connectivity index (χ1v) is 4.19.